The Morgan fingerprint density at radius 2 is 2.11 bits per heavy atom. The quantitative estimate of drug-likeness (QED) is 0.275. The highest BCUT2D eigenvalue weighted by Gasteiger charge is 2.26. The maximum absolute atomic E-state index is 13.0. The van der Waals surface area contributed by atoms with E-state index in [0.29, 0.717) is 31.2 Å². The van der Waals surface area contributed by atoms with Crippen LogP contribution < -0.4 is 4.74 Å². The fourth-order valence-corrected chi connectivity index (χ4v) is 4.71. The number of tetrazole rings is 1. The normalized spacial score (nSPS) is 16.6. The van der Waals surface area contributed by atoms with Crippen LogP contribution in [0.25, 0.3) is 6.08 Å². The molecule has 0 radical (unpaired) electrons. The van der Waals surface area contributed by atoms with E-state index < -0.39 is 6.67 Å². The van der Waals surface area contributed by atoms with Crippen LogP contribution in [0.2, 0.25) is 0 Å². The molecule has 4 rings (SSSR count). The monoisotopic (exact) mass is 601 g/mol. The van der Waals surface area contributed by atoms with Gasteiger partial charge in [0.25, 0.3) is 0 Å². The highest BCUT2D eigenvalue weighted by Crippen LogP contribution is 2.18. The Balaban J connectivity index is 1.34. The van der Waals surface area contributed by atoms with E-state index >= 15 is 0 Å². The minimum Gasteiger partial charge on any atom is -0.489 e. The maximum Gasteiger partial charge on any atom is 0.246 e. The lowest BCUT2D eigenvalue weighted by Crippen LogP contribution is -2.53. The molecule has 190 valence electrons. The summed E-state index contributed by atoms with van der Waals surface area (Å²) in [4.78, 5) is 23.2. The topological polar surface area (TPSA) is 89.3 Å². The third kappa shape index (κ3) is 7.06. The number of halogens is 2. The number of ether oxygens (including phenoxy) is 1. The van der Waals surface area contributed by atoms with Crippen molar-refractivity contribution in [2.75, 3.05) is 32.9 Å². The number of carbonyl (C=O) groups excluding carboxylic acids is 1. The van der Waals surface area contributed by atoms with E-state index in [1.807, 2.05) is 35.2 Å². The SMILES string of the molecule is Cc1nnn(Cc2cc([123I])ccc2/C=C/C(=O)N2CCN(Cc3ccc(OCCF)cn3)C[C@H]2C)n1. The smallest absolute Gasteiger partial charge is 0.246 e. The van der Waals surface area contributed by atoms with Gasteiger partial charge in [0.1, 0.15) is 19.0 Å². The highest BCUT2D eigenvalue weighted by molar-refractivity contribution is 14.1. The van der Waals surface area contributed by atoms with Crippen molar-refractivity contribution < 1.29 is 13.9 Å². The van der Waals surface area contributed by atoms with Gasteiger partial charge in [-0.2, -0.15) is 4.80 Å². The van der Waals surface area contributed by atoms with Gasteiger partial charge in [-0.3, -0.25) is 14.7 Å². The van der Waals surface area contributed by atoms with Crippen LogP contribution in [0, 0.1) is 10.5 Å². The van der Waals surface area contributed by atoms with Crippen molar-refractivity contribution in [1.29, 1.82) is 0 Å². The van der Waals surface area contributed by atoms with Gasteiger partial charge in [-0.25, -0.2) is 4.39 Å². The molecular formula is C25H29FIN7O2. The minimum absolute atomic E-state index is 0.00568. The molecule has 1 aliphatic heterocycles. The number of rotatable bonds is 9. The summed E-state index contributed by atoms with van der Waals surface area (Å²) in [5.74, 6) is 1.18. The van der Waals surface area contributed by atoms with Crippen LogP contribution in [-0.4, -0.2) is 79.9 Å². The van der Waals surface area contributed by atoms with Gasteiger partial charge in [0.05, 0.1) is 18.4 Å². The first-order chi connectivity index (χ1) is 17.4. The molecule has 9 nitrogen and oxygen atoms in total. The van der Waals surface area contributed by atoms with Crippen molar-refractivity contribution in [2.24, 2.45) is 0 Å². The fourth-order valence-electron chi connectivity index (χ4n) is 4.15. The lowest BCUT2D eigenvalue weighted by Gasteiger charge is -2.39. The van der Waals surface area contributed by atoms with Crippen molar-refractivity contribution in [3.8, 4) is 5.75 Å². The summed E-state index contributed by atoms with van der Waals surface area (Å²) in [5, 5.41) is 12.3. The zero-order chi connectivity index (χ0) is 25.5. The Bertz CT molecular complexity index is 1200. The van der Waals surface area contributed by atoms with Gasteiger partial charge in [-0.1, -0.05) is 6.07 Å². The predicted octanol–water partition coefficient (Wildman–Crippen LogP) is 3.12. The standard InChI is InChI=1S/C25H29FIN7O2/c1-18-15-32(17-23-6-7-24(14-28-23)36-12-9-26)10-11-33(18)25(35)8-4-20-3-5-22(27)13-21(20)16-34-30-19(2)29-31-34/h3-8,13-14,18H,9-12,15-17H2,1-2H3/b8-4+/t18-/m1/s1/i27-4. The molecule has 1 aliphatic rings. The predicted molar refractivity (Wildman–Crippen MR) is 142 cm³/mol. The van der Waals surface area contributed by atoms with E-state index in [1.165, 1.54) is 0 Å². The van der Waals surface area contributed by atoms with Crippen LogP contribution in [-0.2, 0) is 17.9 Å². The average Bonchev–Trinajstić information content (AvgIpc) is 3.27. The molecule has 36 heavy (non-hydrogen) atoms. The number of pyridine rings is 1. The summed E-state index contributed by atoms with van der Waals surface area (Å²) in [5.41, 5.74) is 2.89. The van der Waals surface area contributed by atoms with Gasteiger partial charge < -0.3 is 9.64 Å². The van der Waals surface area contributed by atoms with Crippen LogP contribution in [0.3, 0.4) is 0 Å². The summed E-state index contributed by atoms with van der Waals surface area (Å²) in [7, 11) is 0. The molecule has 0 aliphatic carbocycles. The zero-order valence-corrected chi connectivity index (χ0v) is 22.5. The first-order valence-corrected chi connectivity index (χ1v) is 12.9. The van der Waals surface area contributed by atoms with E-state index in [-0.39, 0.29) is 18.6 Å². The lowest BCUT2D eigenvalue weighted by molar-refractivity contribution is -0.130. The molecule has 3 aromatic rings. The van der Waals surface area contributed by atoms with Gasteiger partial charge in [0.15, 0.2) is 5.82 Å². The largest absolute Gasteiger partial charge is 0.489 e. The number of hydrogen-bond acceptors (Lipinski definition) is 7. The average molecular weight is 601 g/mol. The Kier molecular flexibility index (Phi) is 8.97. The number of carbonyl (C=O) groups is 1. The summed E-state index contributed by atoms with van der Waals surface area (Å²) < 4.78 is 18.6. The molecular weight excluding hydrogens is 572 g/mol. The van der Waals surface area contributed by atoms with E-state index in [2.05, 4.69) is 60.9 Å². The van der Waals surface area contributed by atoms with E-state index in [0.717, 1.165) is 33.5 Å². The number of hydrogen-bond donors (Lipinski definition) is 0. The van der Waals surface area contributed by atoms with Gasteiger partial charge in [0.2, 0.25) is 5.91 Å². The summed E-state index contributed by atoms with van der Waals surface area (Å²) in [6.45, 7) is 6.71. The van der Waals surface area contributed by atoms with Gasteiger partial charge >= 0.3 is 0 Å². The van der Waals surface area contributed by atoms with Crippen molar-refractivity contribution in [1.82, 2.24) is 35.0 Å². The third-order valence-electron chi connectivity index (χ3n) is 5.90. The number of alkyl halides is 1. The Labute approximate surface area is 223 Å². The van der Waals surface area contributed by atoms with Crippen LogP contribution in [0.5, 0.6) is 5.75 Å². The molecule has 0 unspecified atom stereocenters. The van der Waals surface area contributed by atoms with Crippen LogP contribution >= 0.6 is 22.6 Å². The molecule has 1 saturated heterocycles. The van der Waals surface area contributed by atoms with Gasteiger partial charge in [-0.15, -0.1) is 10.2 Å². The fraction of sp³-hybridized carbons (Fsp3) is 0.400. The molecule has 1 fully saturated rings. The molecule has 1 atom stereocenters. The zero-order valence-electron chi connectivity index (χ0n) is 20.3. The van der Waals surface area contributed by atoms with Crippen molar-refractivity contribution >= 4 is 34.6 Å². The molecule has 0 N–H and O–H groups in total. The Morgan fingerprint density at radius 1 is 1.25 bits per heavy atom. The van der Waals surface area contributed by atoms with Crippen molar-refractivity contribution in [3.05, 3.63) is 68.8 Å². The summed E-state index contributed by atoms with van der Waals surface area (Å²) >= 11 is 2.27. The number of nitrogens with zero attached hydrogens (tertiary/aromatic N) is 7. The van der Waals surface area contributed by atoms with Crippen molar-refractivity contribution in [2.45, 2.75) is 33.0 Å². The molecule has 0 saturated carbocycles. The molecule has 2 aromatic heterocycles. The molecule has 0 bridgehead atoms. The number of aromatic nitrogens is 5. The third-order valence-corrected chi connectivity index (χ3v) is 6.57. The molecule has 11 heteroatoms. The second-order valence-electron chi connectivity index (χ2n) is 8.68. The second-order valence-corrected chi connectivity index (χ2v) is 9.93. The summed E-state index contributed by atoms with van der Waals surface area (Å²) in [6.07, 6.45) is 5.14. The Hall–Kier alpha value is -2.93. The van der Waals surface area contributed by atoms with Gasteiger partial charge in [0, 0.05) is 41.9 Å². The molecule has 1 amide bonds. The molecule has 1 aromatic carbocycles. The minimum atomic E-state index is -0.524. The summed E-state index contributed by atoms with van der Waals surface area (Å²) in [6, 6.07) is 9.87. The van der Waals surface area contributed by atoms with Crippen molar-refractivity contribution in [3.63, 3.8) is 0 Å². The maximum atomic E-state index is 13.0. The van der Waals surface area contributed by atoms with E-state index in [9.17, 15) is 9.18 Å². The Morgan fingerprint density at radius 3 is 2.81 bits per heavy atom. The number of amides is 1. The highest BCUT2D eigenvalue weighted by atomic mass is 123. The first kappa shape index (κ1) is 26.1. The number of aryl methyl sites for hydroxylation is 1. The second kappa shape index (κ2) is 12.3. The van der Waals surface area contributed by atoms with Crippen LogP contribution in [0.1, 0.15) is 29.6 Å². The molecule has 3 heterocycles. The number of piperazine rings is 1. The van der Waals surface area contributed by atoms with E-state index in [1.54, 1.807) is 24.0 Å². The first-order valence-electron chi connectivity index (χ1n) is 11.8. The number of benzene rings is 1. The molecule has 0 spiro atoms. The van der Waals surface area contributed by atoms with E-state index in [4.69, 9.17) is 4.74 Å². The van der Waals surface area contributed by atoms with Crippen LogP contribution in [0.4, 0.5) is 4.39 Å². The van der Waals surface area contributed by atoms with Gasteiger partial charge in [-0.05, 0) is 83.1 Å². The lowest BCUT2D eigenvalue weighted by atomic mass is 10.1. The van der Waals surface area contributed by atoms with Crippen LogP contribution in [0.15, 0.2) is 42.6 Å².